The van der Waals surface area contributed by atoms with Gasteiger partial charge >= 0.3 is 5.97 Å². The van der Waals surface area contributed by atoms with Gasteiger partial charge < -0.3 is 15.2 Å². The minimum Gasteiger partial charge on any atom is -0.496 e. The summed E-state index contributed by atoms with van der Waals surface area (Å²) in [4.78, 5) is 22.7. The van der Waals surface area contributed by atoms with Gasteiger partial charge in [0.05, 0.1) is 19.4 Å². The molecule has 2 atom stereocenters. The molecular weight excluding hydrogens is 258 g/mol. The van der Waals surface area contributed by atoms with E-state index in [1.54, 1.807) is 21.0 Å². The van der Waals surface area contributed by atoms with Gasteiger partial charge in [0.15, 0.2) is 0 Å². The molecule has 0 fully saturated rings. The molecule has 110 valence electrons. The van der Waals surface area contributed by atoms with Crippen LogP contribution in [0.5, 0.6) is 5.75 Å². The molecule has 0 saturated carbocycles. The van der Waals surface area contributed by atoms with E-state index in [0.29, 0.717) is 0 Å². The molecule has 5 nitrogen and oxygen atoms in total. The Bertz CT molecular complexity index is 499. The van der Waals surface area contributed by atoms with Crippen LogP contribution in [0, 0.1) is 12.8 Å². The molecule has 0 spiro atoms. The Labute approximate surface area is 118 Å². The fourth-order valence-corrected chi connectivity index (χ4v) is 1.80. The number of methoxy groups -OCH3 is 1. The maximum Gasteiger partial charge on any atom is 0.308 e. The molecule has 0 aliphatic carbocycles. The highest BCUT2D eigenvalue weighted by Crippen LogP contribution is 2.19. The van der Waals surface area contributed by atoms with Crippen molar-refractivity contribution < 1.29 is 19.4 Å². The number of carbonyl (C=O) groups is 2. The highest BCUT2D eigenvalue weighted by molar-refractivity contribution is 5.80. The van der Waals surface area contributed by atoms with Crippen molar-refractivity contribution in [2.24, 2.45) is 5.92 Å². The van der Waals surface area contributed by atoms with Crippen molar-refractivity contribution in [1.82, 2.24) is 5.32 Å². The Morgan fingerprint density at radius 2 is 2.00 bits per heavy atom. The lowest BCUT2D eigenvalue weighted by atomic mass is 10.0. The number of hydrogen-bond acceptors (Lipinski definition) is 3. The maximum atomic E-state index is 11.9. The third-order valence-electron chi connectivity index (χ3n) is 3.37. The molecule has 1 aromatic rings. The first-order valence-corrected chi connectivity index (χ1v) is 6.50. The smallest absolute Gasteiger partial charge is 0.308 e. The van der Waals surface area contributed by atoms with Gasteiger partial charge in [-0.15, -0.1) is 0 Å². The third-order valence-corrected chi connectivity index (χ3v) is 3.37. The van der Waals surface area contributed by atoms with Crippen LogP contribution in [0.4, 0.5) is 0 Å². The molecule has 2 N–H and O–H groups in total. The highest BCUT2D eigenvalue weighted by Gasteiger charge is 2.20. The molecule has 0 bridgehead atoms. The number of aliphatic carboxylic acids is 1. The number of carboxylic acids is 1. The Balaban J connectivity index is 2.65. The van der Waals surface area contributed by atoms with Crippen LogP contribution < -0.4 is 10.1 Å². The quantitative estimate of drug-likeness (QED) is 0.832. The SMILES string of the molecule is COc1cc(CC(=O)NC(C)C(C)C(=O)O)ccc1C. The lowest BCUT2D eigenvalue weighted by molar-refractivity contribution is -0.142. The van der Waals surface area contributed by atoms with E-state index in [1.165, 1.54) is 0 Å². The molecule has 1 aromatic carbocycles. The van der Waals surface area contributed by atoms with Crippen molar-refractivity contribution in [2.45, 2.75) is 33.2 Å². The Kier molecular flexibility index (Phi) is 5.55. The molecule has 2 unspecified atom stereocenters. The number of benzene rings is 1. The summed E-state index contributed by atoms with van der Waals surface area (Å²) in [5.41, 5.74) is 1.84. The van der Waals surface area contributed by atoms with Crippen molar-refractivity contribution >= 4 is 11.9 Å². The molecule has 0 aromatic heterocycles. The predicted molar refractivity (Wildman–Crippen MR) is 75.8 cm³/mol. The summed E-state index contributed by atoms with van der Waals surface area (Å²) in [5, 5.41) is 11.6. The van der Waals surface area contributed by atoms with Crippen molar-refractivity contribution in [1.29, 1.82) is 0 Å². The maximum absolute atomic E-state index is 11.9. The normalized spacial score (nSPS) is 13.4. The number of aryl methyl sites for hydroxylation is 1. The van der Waals surface area contributed by atoms with Crippen LogP contribution in [0.25, 0.3) is 0 Å². The van der Waals surface area contributed by atoms with E-state index in [2.05, 4.69) is 5.32 Å². The van der Waals surface area contributed by atoms with Crippen LogP contribution >= 0.6 is 0 Å². The Hall–Kier alpha value is -2.04. The van der Waals surface area contributed by atoms with Gasteiger partial charge in [-0.05, 0) is 38.0 Å². The van der Waals surface area contributed by atoms with Gasteiger partial charge in [-0.2, -0.15) is 0 Å². The average molecular weight is 279 g/mol. The minimum absolute atomic E-state index is 0.198. The van der Waals surface area contributed by atoms with Crippen molar-refractivity contribution in [3.8, 4) is 5.75 Å². The first-order chi connectivity index (χ1) is 9.35. The molecule has 0 aliphatic heterocycles. The second kappa shape index (κ2) is 6.93. The van der Waals surface area contributed by atoms with Gasteiger partial charge in [-0.25, -0.2) is 0 Å². The van der Waals surface area contributed by atoms with Crippen LogP contribution in [0.3, 0.4) is 0 Å². The summed E-state index contributed by atoms with van der Waals surface area (Å²) in [6, 6.07) is 5.17. The van der Waals surface area contributed by atoms with Gasteiger partial charge in [-0.1, -0.05) is 12.1 Å². The monoisotopic (exact) mass is 279 g/mol. The molecule has 1 amide bonds. The second-order valence-electron chi connectivity index (χ2n) is 4.96. The van der Waals surface area contributed by atoms with Gasteiger partial charge in [0.2, 0.25) is 5.91 Å². The summed E-state index contributed by atoms with van der Waals surface area (Å²) in [5.74, 6) is -1.000. The molecule has 20 heavy (non-hydrogen) atoms. The molecule has 1 rings (SSSR count). The summed E-state index contributed by atoms with van der Waals surface area (Å²) in [7, 11) is 1.59. The largest absolute Gasteiger partial charge is 0.496 e. The minimum atomic E-state index is -0.921. The summed E-state index contributed by atoms with van der Waals surface area (Å²) >= 11 is 0. The molecule has 0 saturated heterocycles. The molecule has 0 radical (unpaired) electrons. The highest BCUT2D eigenvalue weighted by atomic mass is 16.5. The summed E-state index contributed by atoms with van der Waals surface area (Å²) < 4.78 is 5.21. The van der Waals surface area contributed by atoms with E-state index in [-0.39, 0.29) is 12.3 Å². The van der Waals surface area contributed by atoms with Gasteiger partial charge in [0, 0.05) is 6.04 Å². The number of amides is 1. The van der Waals surface area contributed by atoms with Crippen LogP contribution in [0.15, 0.2) is 18.2 Å². The fraction of sp³-hybridized carbons (Fsp3) is 0.467. The summed E-state index contributed by atoms with van der Waals surface area (Å²) in [6.07, 6.45) is 0.202. The van der Waals surface area contributed by atoms with Crippen LogP contribution in [0.2, 0.25) is 0 Å². The van der Waals surface area contributed by atoms with Crippen LogP contribution in [-0.2, 0) is 16.0 Å². The lowest BCUT2D eigenvalue weighted by Crippen LogP contribution is -2.40. The zero-order valence-corrected chi connectivity index (χ0v) is 12.3. The van der Waals surface area contributed by atoms with Crippen LogP contribution in [0.1, 0.15) is 25.0 Å². The van der Waals surface area contributed by atoms with Crippen LogP contribution in [-0.4, -0.2) is 30.1 Å². The Morgan fingerprint density at radius 3 is 2.55 bits per heavy atom. The number of rotatable bonds is 6. The number of carbonyl (C=O) groups excluding carboxylic acids is 1. The first-order valence-electron chi connectivity index (χ1n) is 6.50. The second-order valence-corrected chi connectivity index (χ2v) is 4.96. The molecule has 0 aliphatic rings. The molecule has 0 heterocycles. The van der Waals surface area contributed by atoms with Gasteiger partial charge in [-0.3, -0.25) is 9.59 Å². The third kappa shape index (κ3) is 4.26. The average Bonchev–Trinajstić information content (AvgIpc) is 2.39. The molecule has 5 heteroatoms. The number of nitrogens with one attached hydrogen (secondary N) is 1. The van der Waals surface area contributed by atoms with E-state index >= 15 is 0 Å². The van der Waals surface area contributed by atoms with Crippen molar-refractivity contribution in [3.05, 3.63) is 29.3 Å². The Morgan fingerprint density at radius 1 is 1.35 bits per heavy atom. The number of carboxylic acid groups (broad SMARTS) is 1. The summed E-state index contributed by atoms with van der Waals surface area (Å²) in [6.45, 7) is 5.19. The first kappa shape index (κ1) is 16.0. The standard InChI is InChI=1S/C15H21NO4/c1-9-5-6-12(7-13(9)20-4)8-14(17)16-11(3)10(2)15(18)19/h5-7,10-11H,8H2,1-4H3,(H,16,17)(H,18,19). The fourth-order valence-electron chi connectivity index (χ4n) is 1.80. The zero-order valence-electron chi connectivity index (χ0n) is 12.3. The van der Waals surface area contributed by atoms with Crippen molar-refractivity contribution in [2.75, 3.05) is 7.11 Å². The van der Waals surface area contributed by atoms with E-state index < -0.39 is 17.9 Å². The van der Waals surface area contributed by atoms with Gasteiger partial charge in [0.25, 0.3) is 0 Å². The number of hydrogen-bond donors (Lipinski definition) is 2. The molecular formula is C15H21NO4. The van der Waals surface area contributed by atoms with E-state index in [0.717, 1.165) is 16.9 Å². The van der Waals surface area contributed by atoms with E-state index in [1.807, 2.05) is 25.1 Å². The lowest BCUT2D eigenvalue weighted by Gasteiger charge is -2.18. The van der Waals surface area contributed by atoms with Crippen molar-refractivity contribution in [3.63, 3.8) is 0 Å². The van der Waals surface area contributed by atoms with Gasteiger partial charge in [0.1, 0.15) is 5.75 Å². The number of ether oxygens (including phenoxy) is 1. The zero-order chi connectivity index (χ0) is 15.3. The predicted octanol–water partition coefficient (Wildman–Crippen LogP) is 1.77. The van der Waals surface area contributed by atoms with E-state index in [9.17, 15) is 9.59 Å². The topological polar surface area (TPSA) is 75.6 Å². The van der Waals surface area contributed by atoms with E-state index in [4.69, 9.17) is 9.84 Å².